The summed E-state index contributed by atoms with van der Waals surface area (Å²) in [6.45, 7) is 10.3. The van der Waals surface area contributed by atoms with E-state index in [1.165, 1.54) is 22.9 Å². The highest BCUT2D eigenvalue weighted by atomic mass is 79.9. The molecule has 0 amide bonds. The van der Waals surface area contributed by atoms with Gasteiger partial charge in [-0.15, -0.1) is 0 Å². The first-order valence-electron chi connectivity index (χ1n) is 7.42. The second-order valence-corrected chi connectivity index (χ2v) is 7.65. The Labute approximate surface area is 126 Å². The molecule has 1 nitrogen and oxygen atoms in total. The molecule has 106 valence electrons. The van der Waals surface area contributed by atoms with Crippen LogP contribution in [0.2, 0.25) is 0 Å². The van der Waals surface area contributed by atoms with E-state index in [0.29, 0.717) is 11.5 Å². The molecule has 0 radical (unpaired) electrons. The Hall–Kier alpha value is -0.340. The fourth-order valence-corrected chi connectivity index (χ4v) is 3.36. The number of rotatable bonds is 5. The summed E-state index contributed by atoms with van der Waals surface area (Å²) in [6.07, 6.45) is 2.65. The van der Waals surface area contributed by atoms with Crippen molar-refractivity contribution < 1.29 is 0 Å². The van der Waals surface area contributed by atoms with Gasteiger partial charge in [-0.1, -0.05) is 55.8 Å². The van der Waals surface area contributed by atoms with E-state index in [4.69, 9.17) is 0 Å². The van der Waals surface area contributed by atoms with Crippen molar-refractivity contribution in [2.75, 3.05) is 6.54 Å². The predicted molar refractivity (Wildman–Crippen MR) is 86.5 cm³/mol. The molecule has 0 bridgehead atoms. The minimum atomic E-state index is 0.361. The van der Waals surface area contributed by atoms with Crippen molar-refractivity contribution >= 4 is 15.9 Å². The quantitative estimate of drug-likeness (QED) is 0.824. The van der Waals surface area contributed by atoms with Gasteiger partial charge in [-0.25, -0.2) is 0 Å². The predicted octanol–water partition coefficient (Wildman–Crippen LogP) is 4.75. The van der Waals surface area contributed by atoms with Gasteiger partial charge in [-0.2, -0.15) is 0 Å². The Balaban J connectivity index is 2.14. The first-order valence-corrected chi connectivity index (χ1v) is 8.22. The molecule has 0 unspecified atom stereocenters. The van der Waals surface area contributed by atoms with Crippen molar-refractivity contribution in [3.8, 4) is 0 Å². The van der Waals surface area contributed by atoms with Gasteiger partial charge >= 0.3 is 0 Å². The topological polar surface area (TPSA) is 12.0 Å². The highest BCUT2D eigenvalue weighted by Crippen LogP contribution is 2.50. The summed E-state index contributed by atoms with van der Waals surface area (Å²) in [5.41, 5.74) is 1.86. The van der Waals surface area contributed by atoms with E-state index in [2.05, 4.69) is 73.2 Å². The molecule has 1 aromatic rings. The van der Waals surface area contributed by atoms with Crippen molar-refractivity contribution in [1.82, 2.24) is 5.32 Å². The van der Waals surface area contributed by atoms with Crippen LogP contribution in [0.4, 0.5) is 0 Å². The van der Waals surface area contributed by atoms with E-state index in [1.54, 1.807) is 0 Å². The van der Waals surface area contributed by atoms with Crippen LogP contribution in [0.1, 0.15) is 46.1 Å². The Morgan fingerprint density at radius 1 is 1.16 bits per heavy atom. The fraction of sp³-hybridized carbons (Fsp3) is 0.647. The zero-order chi connectivity index (χ0) is 14.0. The second kappa shape index (κ2) is 5.97. The summed E-state index contributed by atoms with van der Waals surface area (Å²) < 4.78 is 1.17. The summed E-state index contributed by atoms with van der Waals surface area (Å²) in [5, 5.41) is 3.65. The lowest BCUT2D eigenvalue weighted by molar-refractivity contribution is 0.0958. The van der Waals surface area contributed by atoms with Gasteiger partial charge in [0.15, 0.2) is 0 Å². The van der Waals surface area contributed by atoms with Gasteiger partial charge < -0.3 is 5.32 Å². The number of hydrogen-bond acceptors (Lipinski definition) is 1. The van der Waals surface area contributed by atoms with Gasteiger partial charge in [0.1, 0.15) is 0 Å². The molecular formula is C17H26BrN. The maximum absolute atomic E-state index is 3.65. The average molecular weight is 324 g/mol. The molecule has 0 atom stereocenters. The normalized spacial score (nSPS) is 26.8. The molecule has 1 aromatic carbocycles. The lowest BCUT2D eigenvalue weighted by atomic mass is 9.56. The molecule has 1 saturated carbocycles. The third kappa shape index (κ3) is 3.41. The highest BCUT2D eigenvalue weighted by Gasteiger charge is 2.45. The van der Waals surface area contributed by atoms with Crippen LogP contribution in [-0.4, -0.2) is 12.6 Å². The summed E-state index contributed by atoms with van der Waals surface area (Å²) in [5.74, 6) is 1.69. The van der Waals surface area contributed by atoms with Crippen LogP contribution < -0.4 is 5.32 Å². The Kier molecular flexibility index (Phi) is 4.73. The van der Waals surface area contributed by atoms with Gasteiger partial charge in [0.2, 0.25) is 0 Å². The van der Waals surface area contributed by atoms with E-state index < -0.39 is 0 Å². The number of halogens is 1. The lowest BCUT2D eigenvalue weighted by Gasteiger charge is -2.50. The van der Waals surface area contributed by atoms with Crippen molar-refractivity contribution in [2.45, 2.75) is 52.0 Å². The number of hydrogen-bond donors (Lipinski definition) is 1. The van der Waals surface area contributed by atoms with E-state index in [-0.39, 0.29) is 0 Å². The van der Waals surface area contributed by atoms with Crippen LogP contribution in [-0.2, 0) is 5.41 Å². The molecule has 2 rings (SSSR count). The molecule has 0 spiro atoms. The fourth-order valence-electron chi connectivity index (χ4n) is 3.10. The first-order chi connectivity index (χ1) is 8.93. The zero-order valence-electron chi connectivity index (χ0n) is 12.5. The molecule has 1 N–H and O–H groups in total. The average Bonchev–Trinajstić information content (AvgIpc) is 2.28. The minimum absolute atomic E-state index is 0.361. The molecule has 1 aliphatic carbocycles. The van der Waals surface area contributed by atoms with Crippen molar-refractivity contribution in [3.63, 3.8) is 0 Å². The smallest absolute Gasteiger partial charge is 0.0175 e. The maximum Gasteiger partial charge on any atom is 0.0175 e. The van der Waals surface area contributed by atoms with Crippen LogP contribution in [0.5, 0.6) is 0 Å². The standard InChI is InChI=1S/C17H26BrN/c1-12(2)14-9-17(10-14,11-19-13(3)4)15-5-7-16(18)8-6-15/h5-8,12-14,19H,9-11H2,1-4H3. The molecule has 0 aromatic heterocycles. The largest absolute Gasteiger partial charge is 0.314 e. The molecule has 0 saturated heterocycles. The summed E-state index contributed by atoms with van der Waals surface area (Å²) in [6, 6.07) is 9.50. The molecule has 0 aliphatic heterocycles. The van der Waals surface area contributed by atoms with Gasteiger partial charge in [0.25, 0.3) is 0 Å². The Morgan fingerprint density at radius 2 is 1.74 bits per heavy atom. The third-order valence-corrected chi connectivity index (χ3v) is 5.08. The van der Waals surface area contributed by atoms with Crippen molar-refractivity contribution in [2.24, 2.45) is 11.8 Å². The molecular weight excluding hydrogens is 298 g/mol. The van der Waals surface area contributed by atoms with E-state index in [0.717, 1.165) is 18.4 Å². The van der Waals surface area contributed by atoms with E-state index in [1.807, 2.05) is 0 Å². The molecule has 19 heavy (non-hydrogen) atoms. The van der Waals surface area contributed by atoms with Gasteiger partial charge in [-0.3, -0.25) is 0 Å². The SMILES string of the molecule is CC(C)NCC1(c2ccc(Br)cc2)CC(C(C)C)C1. The maximum atomic E-state index is 3.65. The molecule has 1 fully saturated rings. The third-order valence-electron chi connectivity index (χ3n) is 4.55. The number of benzene rings is 1. The first kappa shape index (κ1) is 15.1. The van der Waals surface area contributed by atoms with Crippen LogP contribution in [0, 0.1) is 11.8 Å². The zero-order valence-corrected chi connectivity index (χ0v) is 14.1. The monoisotopic (exact) mass is 323 g/mol. The van der Waals surface area contributed by atoms with Crippen LogP contribution in [0.15, 0.2) is 28.7 Å². The van der Waals surface area contributed by atoms with Crippen LogP contribution in [0.3, 0.4) is 0 Å². The minimum Gasteiger partial charge on any atom is -0.314 e. The highest BCUT2D eigenvalue weighted by molar-refractivity contribution is 9.10. The van der Waals surface area contributed by atoms with Gasteiger partial charge in [-0.05, 0) is 42.4 Å². The Bertz CT molecular complexity index is 396. The molecule has 1 aliphatic rings. The van der Waals surface area contributed by atoms with Crippen molar-refractivity contribution in [1.29, 1.82) is 0 Å². The van der Waals surface area contributed by atoms with E-state index >= 15 is 0 Å². The van der Waals surface area contributed by atoms with Crippen molar-refractivity contribution in [3.05, 3.63) is 34.3 Å². The number of nitrogens with one attached hydrogen (secondary N) is 1. The molecule has 2 heteroatoms. The van der Waals surface area contributed by atoms with E-state index in [9.17, 15) is 0 Å². The van der Waals surface area contributed by atoms with Crippen LogP contribution in [0.25, 0.3) is 0 Å². The molecule has 0 heterocycles. The lowest BCUT2D eigenvalue weighted by Crippen LogP contribution is -2.51. The summed E-state index contributed by atoms with van der Waals surface area (Å²) in [7, 11) is 0. The summed E-state index contributed by atoms with van der Waals surface area (Å²) in [4.78, 5) is 0. The Morgan fingerprint density at radius 3 is 2.21 bits per heavy atom. The van der Waals surface area contributed by atoms with Gasteiger partial charge in [0.05, 0.1) is 0 Å². The second-order valence-electron chi connectivity index (χ2n) is 6.74. The van der Waals surface area contributed by atoms with Crippen LogP contribution >= 0.6 is 15.9 Å². The summed E-state index contributed by atoms with van der Waals surface area (Å²) >= 11 is 3.53. The van der Waals surface area contributed by atoms with Gasteiger partial charge in [0, 0.05) is 22.5 Å².